The van der Waals surface area contributed by atoms with Crippen LogP contribution < -0.4 is 6.15 Å². The highest BCUT2D eigenvalue weighted by atomic mass is 16.5. The molecular weight excluding hydrogens is 310 g/mol. The first-order chi connectivity index (χ1) is 11.8. The number of carbonyl (C=O) groups excluding carboxylic acids is 1. The van der Waals surface area contributed by atoms with Crippen molar-refractivity contribution in [2.45, 2.75) is 136 Å². The van der Waals surface area contributed by atoms with Crippen molar-refractivity contribution in [1.29, 1.82) is 0 Å². The van der Waals surface area contributed by atoms with E-state index in [2.05, 4.69) is 13.8 Å². The predicted molar refractivity (Wildman–Crippen MR) is 110 cm³/mol. The molecule has 0 aliphatic heterocycles. The normalized spacial score (nSPS) is 10.7. The monoisotopic (exact) mass is 357 g/mol. The number of unbranched alkanes of at least 4 members (excludes halogenated alkanes) is 14. The van der Waals surface area contributed by atoms with Crippen molar-refractivity contribution in [1.82, 2.24) is 6.15 Å². The zero-order valence-electron chi connectivity index (χ0n) is 17.4. The third-order valence-electron chi connectivity index (χ3n) is 5.01. The molecule has 0 bridgehead atoms. The van der Waals surface area contributed by atoms with Gasteiger partial charge in [-0.05, 0) is 25.7 Å². The number of hydrogen-bond donors (Lipinski definition) is 1. The molecule has 0 spiro atoms. The molecule has 0 heterocycles. The van der Waals surface area contributed by atoms with Gasteiger partial charge in [0.15, 0.2) is 0 Å². The minimum atomic E-state index is 0. The van der Waals surface area contributed by atoms with Crippen molar-refractivity contribution in [2.24, 2.45) is 0 Å². The van der Waals surface area contributed by atoms with E-state index in [-0.39, 0.29) is 12.3 Å². The first kappa shape index (κ1) is 26.7. The van der Waals surface area contributed by atoms with Crippen LogP contribution in [0.15, 0.2) is 0 Å². The lowest BCUT2D eigenvalue weighted by Gasteiger charge is -2.15. The SMILES string of the molecule is CCCCCCCCCCC(CCCCCCCCCC)OC=O.N. The number of ether oxygens (including phenoxy) is 1. The number of carbonyl (C=O) groups is 1. The van der Waals surface area contributed by atoms with E-state index >= 15 is 0 Å². The summed E-state index contributed by atoms with van der Waals surface area (Å²) < 4.78 is 5.28. The second kappa shape index (κ2) is 23.4. The lowest BCUT2D eigenvalue weighted by molar-refractivity contribution is -0.134. The standard InChI is InChI=1S/C22H44O2.H3N/c1-3-5-7-9-11-13-15-17-19-22(24-21-23)20-18-16-14-12-10-8-6-4-2;/h21-22H,3-20H2,1-2H3;1H3. The van der Waals surface area contributed by atoms with Crippen molar-refractivity contribution in [3.63, 3.8) is 0 Å². The average Bonchev–Trinajstić information content (AvgIpc) is 2.59. The number of rotatable bonds is 20. The van der Waals surface area contributed by atoms with Crippen molar-refractivity contribution in [3.8, 4) is 0 Å². The lowest BCUT2D eigenvalue weighted by atomic mass is 10.0. The molecule has 0 amide bonds. The Morgan fingerprint density at radius 2 is 0.920 bits per heavy atom. The first-order valence-electron chi connectivity index (χ1n) is 10.9. The maximum atomic E-state index is 10.7. The van der Waals surface area contributed by atoms with Gasteiger partial charge < -0.3 is 10.9 Å². The van der Waals surface area contributed by atoms with E-state index in [1.165, 1.54) is 103 Å². The van der Waals surface area contributed by atoms with Crippen molar-refractivity contribution in [2.75, 3.05) is 0 Å². The van der Waals surface area contributed by atoms with E-state index < -0.39 is 0 Å². The topological polar surface area (TPSA) is 61.3 Å². The predicted octanol–water partition coefficient (Wildman–Crippen LogP) is 7.75. The van der Waals surface area contributed by atoms with Crippen LogP contribution in [0.4, 0.5) is 0 Å². The summed E-state index contributed by atoms with van der Waals surface area (Å²) in [6, 6.07) is 0. The second-order valence-corrected chi connectivity index (χ2v) is 7.38. The summed E-state index contributed by atoms with van der Waals surface area (Å²) >= 11 is 0. The second-order valence-electron chi connectivity index (χ2n) is 7.38. The smallest absolute Gasteiger partial charge is 0.293 e. The van der Waals surface area contributed by atoms with Gasteiger partial charge in [0, 0.05) is 0 Å². The van der Waals surface area contributed by atoms with E-state index in [9.17, 15) is 4.79 Å². The van der Waals surface area contributed by atoms with E-state index in [1.807, 2.05) is 0 Å². The molecule has 3 heteroatoms. The van der Waals surface area contributed by atoms with E-state index in [0.29, 0.717) is 6.47 Å². The van der Waals surface area contributed by atoms with Gasteiger partial charge in [0.2, 0.25) is 0 Å². The van der Waals surface area contributed by atoms with Crippen LogP contribution in [-0.4, -0.2) is 12.6 Å². The molecule has 152 valence electrons. The van der Waals surface area contributed by atoms with Gasteiger partial charge in [0.25, 0.3) is 6.47 Å². The van der Waals surface area contributed by atoms with Crippen molar-refractivity contribution >= 4 is 6.47 Å². The highest BCUT2D eigenvalue weighted by molar-refractivity contribution is 5.37. The molecule has 0 fully saturated rings. The summed E-state index contributed by atoms with van der Waals surface area (Å²) in [7, 11) is 0. The molecule has 0 radical (unpaired) electrons. The van der Waals surface area contributed by atoms with E-state index in [4.69, 9.17) is 4.74 Å². The summed E-state index contributed by atoms with van der Waals surface area (Å²) in [5, 5.41) is 0. The van der Waals surface area contributed by atoms with E-state index in [1.54, 1.807) is 0 Å². The highest BCUT2D eigenvalue weighted by Crippen LogP contribution is 2.16. The van der Waals surface area contributed by atoms with Gasteiger partial charge in [-0.3, -0.25) is 4.79 Å². The molecule has 0 saturated carbocycles. The Kier molecular flexibility index (Phi) is 25.0. The van der Waals surface area contributed by atoms with Crippen LogP contribution in [-0.2, 0) is 9.53 Å². The van der Waals surface area contributed by atoms with Gasteiger partial charge in [0.05, 0.1) is 0 Å². The van der Waals surface area contributed by atoms with Crippen LogP contribution in [0, 0.1) is 0 Å². The van der Waals surface area contributed by atoms with Crippen LogP contribution in [0.3, 0.4) is 0 Å². The van der Waals surface area contributed by atoms with Gasteiger partial charge in [-0.15, -0.1) is 0 Å². The van der Waals surface area contributed by atoms with Crippen LogP contribution in [0.2, 0.25) is 0 Å². The van der Waals surface area contributed by atoms with Crippen LogP contribution in [0.5, 0.6) is 0 Å². The molecule has 3 nitrogen and oxygen atoms in total. The fourth-order valence-electron chi connectivity index (χ4n) is 3.37. The summed E-state index contributed by atoms with van der Waals surface area (Å²) in [4.78, 5) is 10.7. The Balaban J connectivity index is 0. The Bertz CT molecular complexity index is 226. The Morgan fingerprint density at radius 3 is 1.24 bits per heavy atom. The zero-order chi connectivity index (χ0) is 17.7. The molecule has 0 atom stereocenters. The van der Waals surface area contributed by atoms with E-state index in [0.717, 1.165) is 12.8 Å². The maximum absolute atomic E-state index is 10.7. The molecule has 0 rings (SSSR count). The third kappa shape index (κ3) is 21.4. The van der Waals surface area contributed by atoms with Crippen LogP contribution in [0.25, 0.3) is 0 Å². The fourth-order valence-corrected chi connectivity index (χ4v) is 3.37. The van der Waals surface area contributed by atoms with Crippen molar-refractivity contribution in [3.05, 3.63) is 0 Å². The molecule has 3 N–H and O–H groups in total. The number of hydrogen-bond acceptors (Lipinski definition) is 3. The van der Waals surface area contributed by atoms with Gasteiger partial charge in [0.1, 0.15) is 6.10 Å². The average molecular weight is 358 g/mol. The summed E-state index contributed by atoms with van der Waals surface area (Å²) in [5.41, 5.74) is 0. The summed E-state index contributed by atoms with van der Waals surface area (Å²) in [5.74, 6) is 0. The quantitative estimate of drug-likeness (QED) is 0.179. The molecule has 0 aliphatic carbocycles. The molecule has 0 aromatic carbocycles. The summed E-state index contributed by atoms with van der Waals surface area (Å²) in [6.07, 6.45) is 23.7. The Labute approximate surface area is 158 Å². The summed E-state index contributed by atoms with van der Waals surface area (Å²) in [6.45, 7) is 5.18. The highest BCUT2D eigenvalue weighted by Gasteiger charge is 2.08. The molecule has 25 heavy (non-hydrogen) atoms. The van der Waals surface area contributed by atoms with Gasteiger partial charge >= 0.3 is 0 Å². The molecule has 0 unspecified atom stereocenters. The van der Waals surface area contributed by atoms with Crippen LogP contribution >= 0.6 is 0 Å². The molecule has 0 aromatic rings. The Hall–Kier alpha value is -0.570. The third-order valence-corrected chi connectivity index (χ3v) is 5.01. The lowest BCUT2D eigenvalue weighted by Crippen LogP contribution is -2.12. The van der Waals surface area contributed by atoms with Gasteiger partial charge in [-0.1, -0.05) is 104 Å². The Morgan fingerprint density at radius 1 is 0.600 bits per heavy atom. The van der Waals surface area contributed by atoms with Crippen molar-refractivity contribution < 1.29 is 9.53 Å². The minimum Gasteiger partial charge on any atom is -0.465 e. The molecular formula is C22H47NO2. The first-order valence-corrected chi connectivity index (χ1v) is 10.9. The largest absolute Gasteiger partial charge is 0.465 e. The van der Waals surface area contributed by atoms with Gasteiger partial charge in [-0.25, -0.2) is 0 Å². The fraction of sp³-hybridized carbons (Fsp3) is 0.955. The molecule has 0 saturated heterocycles. The molecule has 0 aromatic heterocycles. The van der Waals surface area contributed by atoms with Gasteiger partial charge in [-0.2, -0.15) is 0 Å². The zero-order valence-corrected chi connectivity index (χ0v) is 17.4. The maximum Gasteiger partial charge on any atom is 0.293 e. The minimum absolute atomic E-state index is 0. The molecule has 0 aliphatic rings. The van der Waals surface area contributed by atoms with Crippen LogP contribution in [0.1, 0.15) is 129 Å².